The van der Waals surface area contributed by atoms with Gasteiger partial charge in [-0.25, -0.2) is 24.0 Å². The minimum atomic E-state index is -1.23. The summed E-state index contributed by atoms with van der Waals surface area (Å²) >= 11 is 0. The van der Waals surface area contributed by atoms with E-state index in [1.807, 2.05) is 12.2 Å². The van der Waals surface area contributed by atoms with E-state index >= 15 is 0 Å². The van der Waals surface area contributed by atoms with Crippen LogP contribution in [0.3, 0.4) is 0 Å². The van der Waals surface area contributed by atoms with Crippen LogP contribution in [0.4, 0.5) is 24.0 Å². The van der Waals surface area contributed by atoms with Crippen molar-refractivity contribution in [2.24, 2.45) is 0 Å². The molecule has 1 aromatic rings. The molecule has 14 nitrogen and oxygen atoms in total. The Morgan fingerprint density at radius 1 is 0.929 bits per heavy atom. The van der Waals surface area contributed by atoms with Crippen LogP contribution in [0.25, 0.3) is 0 Å². The molecule has 0 saturated heterocycles. The van der Waals surface area contributed by atoms with Gasteiger partial charge in [-0.15, -0.1) is 10.2 Å². The Balaban J connectivity index is 2.31. The summed E-state index contributed by atoms with van der Waals surface area (Å²) < 4.78 is 5.49. The number of carbonyl (C=O) groups excluding carboxylic acids is 5. The Bertz CT molecular complexity index is 778. The molecule has 1 atom stereocenters. The number of nitrogens with one attached hydrogen (secondary N) is 5. The summed E-state index contributed by atoms with van der Waals surface area (Å²) in [5.41, 5.74) is 0. The van der Waals surface area contributed by atoms with E-state index in [1.54, 1.807) is 22.9 Å². The van der Waals surface area contributed by atoms with Gasteiger partial charge >= 0.3 is 30.2 Å². The number of urea groups is 5. The van der Waals surface area contributed by atoms with E-state index < -0.39 is 36.2 Å². The van der Waals surface area contributed by atoms with Gasteiger partial charge in [0.2, 0.25) is 11.8 Å². The van der Waals surface area contributed by atoms with Gasteiger partial charge in [0.1, 0.15) is 6.04 Å². The number of amides is 10. The Hall–Kier alpha value is -3.71. The Morgan fingerprint density at radius 3 is 2.14 bits per heavy atom. The molecule has 0 spiro atoms. The maximum absolute atomic E-state index is 12.5. The number of rotatable bonds is 3. The Morgan fingerprint density at radius 2 is 1.54 bits per heavy atom. The molecule has 0 radical (unpaired) electrons. The van der Waals surface area contributed by atoms with E-state index in [1.165, 1.54) is 4.90 Å². The molecule has 10 amide bonds. The minimum Gasteiger partial charge on any atom is -0.421 e. The third kappa shape index (κ3) is 5.39. The van der Waals surface area contributed by atoms with E-state index in [-0.39, 0.29) is 24.9 Å². The zero-order valence-corrected chi connectivity index (χ0v) is 15.2. The van der Waals surface area contributed by atoms with Crippen LogP contribution in [-0.2, 0) is 6.54 Å². The molecule has 2 rings (SSSR count). The monoisotopic (exact) mass is 396 g/mol. The van der Waals surface area contributed by atoms with Crippen molar-refractivity contribution in [3.05, 3.63) is 11.8 Å². The van der Waals surface area contributed by atoms with Crippen molar-refractivity contribution in [1.82, 2.24) is 41.7 Å². The third-order valence-corrected chi connectivity index (χ3v) is 3.56. The number of aromatic nitrogens is 2. The smallest absolute Gasteiger partial charge is 0.330 e. The molecule has 2 bridgehead atoms. The molecule has 1 aromatic heterocycles. The van der Waals surface area contributed by atoms with Crippen LogP contribution in [-0.4, -0.2) is 51.8 Å². The van der Waals surface area contributed by atoms with Crippen LogP contribution in [0.1, 0.15) is 44.5 Å². The lowest BCUT2D eigenvalue weighted by atomic mass is 10.2. The summed E-state index contributed by atoms with van der Waals surface area (Å²) in [6, 6.07) is -5.93. The lowest BCUT2D eigenvalue weighted by Gasteiger charge is -2.28. The summed E-state index contributed by atoms with van der Waals surface area (Å²) in [4.78, 5) is 60.4. The topological polar surface area (TPSA) is 188 Å². The van der Waals surface area contributed by atoms with E-state index in [2.05, 4.69) is 15.5 Å². The van der Waals surface area contributed by atoms with Crippen LogP contribution in [0.15, 0.2) is 4.42 Å². The van der Waals surface area contributed by atoms with Gasteiger partial charge in [-0.05, 0) is 12.8 Å². The van der Waals surface area contributed by atoms with Crippen LogP contribution in [0, 0.1) is 0 Å². The summed E-state index contributed by atoms with van der Waals surface area (Å²) in [6.07, 6.45) is 0.975. The molecule has 28 heavy (non-hydrogen) atoms. The normalized spacial score (nSPS) is 19.3. The lowest BCUT2D eigenvalue weighted by Crippen LogP contribution is -2.54. The summed E-state index contributed by atoms with van der Waals surface area (Å²) in [7, 11) is 0. The second-order valence-corrected chi connectivity index (χ2v) is 5.63. The van der Waals surface area contributed by atoms with Crippen LogP contribution in [0.2, 0.25) is 0 Å². The van der Waals surface area contributed by atoms with Gasteiger partial charge in [0.25, 0.3) is 0 Å². The van der Waals surface area contributed by atoms with Crippen molar-refractivity contribution in [2.45, 2.75) is 39.3 Å². The molecule has 1 aliphatic heterocycles. The lowest BCUT2D eigenvalue weighted by molar-refractivity contribution is 0.159. The highest BCUT2D eigenvalue weighted by molar-refractivity contribution is 6.07. The number of hydrogen-bond acceptors (Lipinski definition) is 8. The van der Waals surface area contributed by atoms with Gasteiger partial charge in [0.05, 0.1) is 6.54 Å². The van der Waals surface area contributed by atoms with E-state index in [4.69, 9.17) is 4.42 Å². The molecule has 2 heterocycles. The summed E-state index contributed by atoms with van der Waals surface area (Å²) in [6.45, 7) is 3.70. The largest absolute Gasteiger partial charge is 0.421 e. The quantitative estimate of drug-likeness (QED) is 0.482. The fourth-order valence-corrected chi connectivity index (χ4v) is 2.41. The van der Waals surface area contributed by atoms with Crippen molar-refractivity contribution < 1.29 is 28.4 Å². The molecule has 1 unspecified atom stereocenters. The maximum atomic E-state index is 12.5. The summed E-state index contributed by atoms with van der Waals surface area (Å²) in [5.74, 6) is 0.159. The molecule has 0 fully saturated rings. The van der Waals surface area contributed by atoms with Crippen molar-refractivity contribution in [3.8, 4) is 0 Å². The number of nitrogens with zero attached hydrogens (tertiary/aromatic N) is 3. The first kappa shape index (κ1) is 20.6. The molecule has 1 aliphatic rings. The standard InChI is InChI=1S/C14H20N8O6/c1-3-5-22-7(4-2)9-21-20-8(28-9)6-15-10(23)16-11(24)17-12(25)18-13(26)19-14(22)27/h7H,3-6H2,1-2H3,(H5,15,16,17,18,19,23,24,25,26,27). The average Bonchev–Trinajstić information content (AvgIpc) is 3.07. The van der Waals surface area contributed by atoms with Crippen molar-refractivity contribution in [2.75, 3.05) is 6.54 Å². The second-order valence-electron chi connectivity index (χ2n) is 5.63. The highest BCUT2D eigenvalue weighted by Crippen LogP contribution is 2.23. The fourth-order valence-electron chi connectivity index (χ4n) is 2.41. The highest BCUT2D eigenvalue weighted by Gasteiger charge is 2.29. The van der Waals surface area contributed by atoms with Crippen LogP contribution in [0.5, 0.6) is 0 Å². The molecular weight excluding hydrogens is 376 g/mol. The zero-order chi connectivity index (χ0) is 20.7. The van der Waals surface area contributed by atoms with E-state index in [0.29, 0.717) is 12.8 Å². The van der Waals surface area contributed by atoms with Crippen molar-refractivity contribution >= 4 is 30.2 Å². The minimum absolute atomic E-state index is 0.0433. The summed E-state index contributed by atoms with van der Waals surface area (Å²) in [5, 5.41) is 17.2. The van der Waals surface area contributed by atoms with Gasteiger partial charge < -0.3 is 14.6 Å². The van der Waals surface area contributed by atoms with Gasteiger partial charge in [0.15, 0.2) is 0 Å². The van der Waals surface area contributed by atoms with Crippen molar-refractivity contribution in [3.63, 3.8) is 0 Å². The van der Waals surface area contributed by atoms with E-state index in [0.717, 1.165) is 0 Å². The highest BCUT2D eigenvalue weighted by atomic mass is 16.4. The zero-order valence-electron chi connectivity index (χ0n) is 15.2. The van der Waals surface area contributed by atoms with Crippen molar-refractivity contribution in [1.29, 1.82) is 0 Å². The number of hydrogen-bond donors (Lipinski definition) is 5. The predicted octanol–water partition coefficient (Wildman–Crippen LogP) is 0.294. The van der Waals surface area contributed by atoms with Crippen LogP contribution >= 0.6 is 0 Å². The molecule has 152 valence electrons. The van der Waals surface area contributed by atoms with Gasteiger partial charge in [-0.2, -0.15) is 0 Å². The van der Waals surface area contributed by atoms with Gasteiger partial charge in [-0.3, -0.25) is 21.3 Å². The maximum Gasteiger partial charge on any atom is 0.330 e. The van der Waals surface area contributed by atoms with Crippen LogP contribution < -0.4 is 26.6 Å². The number of carbonyl (C=O) groups is 5. The number of fused-ring (bicyclic) bond motifs is 2. The Labute approximate surface area is 158 Å². The first-order chi connectivity index (χ1) is 13.3. The van der Waals surface area contributed by atoms with E-state index in [9.17, 15) is 24.0 Å². The Kier molecular flexibility index (Phi) is 6.84. The first-order valence-electron chi connectivity index (χ1n) is 8.44. The average molecular weight is 396 g/mol. The molecule has 0 aromatic carbocycles. The van der Waals surface area contributed by atoms with Gasteiger partial charge in [-0.1, -0.05) is 13.8 Å². The second kappa shape index (κ2) is 9.29. The SMILES string of the molecule is CCCN1C(=O)NC(=O)NC(=O)NC(=O)NC(=O)NCc2nnc(o2)C1CC. The molecule has 0 aliphatic carbocycles. The van der Waals surface area contributed by atoms with Gasteiger partial charge in [0, 0.05) is 6.54 Å². The number of imide groups is 4. The predicted molar refractivity (Wildman–Crippen MR) is 90.7 cm³/mol. The third-order valence-electron chi connectivity index (χ3n) is 3.56. The molecular formula is C14H20N8O6. The first-order valence-corrected chi connectivity index (χ1v) is 8.44. The molecule has 5 N–H and O–H groups in total. The fraction of sp³-hybridized carbons (Fsp3) is 0.500. The molecule has 14 heteroatoms. The molecule has 0 saturated carbocycles.